The van der Waals surface area contributed by atoms with Gasteiger partial charge in [0.1, 0.15) is 19.3 Å². The van der Waals surface area contributed by atoms with Crippen LogP contribution in [-0.4, -0.2) is 67.4 Å². The van der Waals surface area contributed by atoms with Gasteiger partial charge in [-0.2, -0.15) is 0 Å². The highest BCUT2D eigenvalue weighted by Gasteiger charge is 2.54. The predicted octanol–water partition coefficient (Wildman–Crippen LogP) is 11.6. The molecule has 11 nitrogen and oxygen atoms in total. The Morgan fingerprint density at radius 1 is 0.516 bits per heavy atom. The highest BCUT2D eigenvalue weighted by atomic mass is 16.6. The number of unbranched alkanes of at least 4 members (excludes halogenated alkanes) is 20. The average Bonchev–Trinajstić information content (AvgIpc) is 3.55. The van der Waals surface area contributed by atoms with Crippen molar-refractivity contribution in [3.05, 3.63) is 71.8 Å². The molecule has 0 unspecified atom stereocenters. The van der Waals surface area contributed by atoms with Crippen molar-refractivity contribution in [3.63, 3.8) is 0 Å². The van der Waals surface area contributed by atoms with Gasteiger partial charge in [-0.05, 0) is 30.4 Å². The summed E-state index contributed by atoms with van der Waals surface area (Å²) in [4.78, 5) is 66.0. The SMILES string of the molecule is CCCCCCCCCCCCCC(=O)OCC(COC(=O)CCCCCCCCCCCCC)OCCCC(=O)OCN1C(=O)NC(c2ccccc2)(c2ccccc2)C1=O. The zero-order chi connectivity index (χ0) is 44.5. The highest BCUT2D eigenvalue weighted by Crippen LogP contribution is 2.36. The summed E-state index contributed by atoms with van der Waals surface area (Å²) in [5.41, 5.74) is -0.281. The molecule has 0 bridgehead atoms. The van der Waals surface area contributed by atoms with Crippen LogP contribution in [0.15, 0.2) is 60.7 Å². The molecular formula is C51H78N2O9. The van der Waals surface area contributed by atoms with Crippen LogP contribution in [0.5, 0.6) is 0 Å². The molecule has 1 heterocycles. The zero-order valence-electron chi connectivity index (χ0n) is 38.2. The van der Waals surface area contributed by atoms with Crippen LogP contribution in [-0.2, 0) is 43.7 Å². The second kappa shape index (κ2) is 32.4. The molecule has 1 saturated heterocycles. The van der Waals surface area contributed by atoms with Crippen molar-refractivity contribution in [1.29, 1.82) is 0 Å². The van der Waals surface area contributed by atoms with Crippen molar-refractivity contribution in [3.8, 4) is 0 Å². The van der Waals surface area contributed by atoms with Crippen molar-refractivity contribution < 1.29 is 42.9 Å². The number of rotatable bonds is 37. The Kier molecular flexibility index (Phi) is 27.2. The van der Waals surface area contributed by atoms with Crippen molar-refractivity contribution in [2.45, 2.75) is 192 Å². The summed E-state index contributed by atoms with van der Waals surface area (Å²) in [6, 6.07) is 17.3. The van der Waals surface area contributed by atoms with E-state index in [9.17, 15) is 24.0 Å². The molecule has 0 spiro atoms. The number of amides is 3. The lowest BCUT2D eigenvalue weighted by Gasteiger charge is -2.27. The summed E-state index contributed by atoms with van der Waals surface area (Å²) in [5.74, 6) is -1.78. The van der Waals surface area contributed by atoms with Gasteiger partial charge in [-0.15, -0.1) is 0 Å². The Labute approximate surface area is 372 Å². The minimum absolute atomic E-state index is 0.0455. The Hall–Kier alpha value is -4.25. The number of nitrogens with one attached hydrogen (secondary N) is 1. The molecule has 62 heavy (non-hydrogen) atoms. The maximum Gasteiger partial charge on any atom is 0.328 e. The summed E-state index contributed by atoms with van der Waals surface area (Å²) in [6.45, 7) is 3.91. The van der Waals surface area contributed by atoms with Gasteiger partial charge in [0, 0.05) is 25.9 Å². The molecule has 2 aromatic rings. The number of hydrogen-bond donors (Lipinski definition) is 1. The van der Waals surface area contributed by atoms with Gasteiger partial charge in [-0.1, -0.05) is 203 Å². The third-order valence-electron chi connectivity index (χ3n) is 11.6. The number of carbonyl (C=O) groups excluding carboxylic acids is 5. The van der Waals surface area contributed by atoms with Gasteiger partial charge in [-0.3, -0.25) is 19.2 Å². The molecule has 346 valence electrons. The van der Waals surface area contributed by atoms with Gasteiger partial charge in [0.15, 0.2) is 12.3 Å². The molecular weight excluding hydrogens is 785 g/mol. The summed E-state index contributed by atoms with van der Waals surface area (Å²) in [7, 11) is 0. The first-order valence-electron chi connectivity index (χ1n) is 24.1. The van der Waals surface area contributed by atoms with Gasteiger partial charge in [0.05, 0.1) is 0 Å². The minimum atomic E-state index is -1.46. The number of imide groups is 1. The molecule has 1 N–H and O–H groups in total. The quantitative estimate of drug-likeness (QED) is 0.0304. The van der Waals surface area contributed by atoms with E-state index in [-0.39, 0.29) is 44.6 Å². The smallest absolute Gasteiger partial charge is 0.328 e. The second-order valence-electron chi connectivity index (χ2n) is 16.8. The number of ether oxygens (including phenoxy) is 4. The number of nitrogens with zero attached hydrogens (tertiary/aromatic N) is 1. The zero-order valence-corrected chi connectivity index (χ0v) is 38.2. The highest BCUT2D eigenvalue weighted by molar-refractivity contribution is 6.09. The summed E-state index contributed by atoms with van der Waals surface area (Å²) in [5, 5.41) is 2.84. The van der Waals surface area contributed by atoms with Crippen molar-refractivity contribution in [2.24, 2.45) is 0 Å². The van der Waals surface area contributed by atoms with E-state index >= 15 is 0 Å². The Morgan fingerprint density at radius 3 is 1.31 bits per heavy atom. The van der Waals surface area contributed by atoms with Gasteiger partial charge >= 0.3 is 23.9 Å². The van der Waals surface area contributed by atoms with Crippen molar-refractivity contribution in [1.82, 2.24) is 10.2 Å². The van der Waals surface area contributed by atoms with E-state index in [4.69, 9.17) is 18.9 Å². The van der Waals surface area contributed by atoms with E-state index in [0.29, 0.717) is 24.0 Å². The van der Waals surface area contributed by atoms with Crippen LogP contribution < -0.4 is 5.32 Å². The van der Waals surface area contributed by atoms with Crippen LogP contribution in [0.25, 0.3) is 0 Å². The largest absolute Gasteiger partial charge is 0.463 e. The topological polar surface area (TPSA) is 138 Å². The summed E-state index contributed by atoms with van der Waals surface area (Å²) in [6.07, 6.45) is 26.4. The van der Waals surface area contributed by atoms with Gasteiger partial charge < -0.3 is 24.3 Å². The summed E-state index contributed by atoms with van der Waals surface area (Å²) >= 11 is 0. The molecule has 1 aliphatic heterocycles. The molecule has 2 aromatic carbocycles. The number of hydrogen-bond acceptors (Lipinski definition) is 9. The molecule has 0 saturated carbocycles. The number of carbonyl (C=O) groups is 5. The maximum absolute atomic E-state index is 13.9. The molecule has 0 atom stereocenters. The van der Waals surface area contributed by atoms with Crippen LogP contribution in [0.2, 0.25) is 0 Å². The van der Waals surface area contributed by atoms with Crippen LogP contribution >= 0.6 is 0 Å². The van der Waals surface area contributed by atoms with Crippen LogP contribution in [0.1, 0.15) is 192 Å². The predicted molar refractivity (Wildman–Crippen MR) is 243 cm³/mol. The third-order valence-corrected chi connectivity index (χ3v) is 11.6. The van der Waals surface area contributed by atoms with Gasteiger partial charge in [0.2, 0.25) is 0 Å². The normalized spacial score (nSPS) is 13.4. The Balaban J connectivity index is 1.40. The first-order chi connectivity index (χ1) is 30.3. The monoisotopic (exact) mass is 863 g/mol. The van der Waals surface area contributed by atoms with E-state index in [2.05, 4.69) is 19.2 Å². The van der Waals surface area contributed by atoms with E-state index < -0.39 is 36.3 Å². The van der Waals surface area contributed by atoms with Crippen molar-refractivity contribution >= 4 is 29.8 Å². The molecule has 11 heteroatoms. The van der Waals surface area contributed by atoms with Crippen LogP contribution in [0, 0.1) is 0 Å². The fraction of sp³-hybridized carbons (Fsp3) is 0.667. The Morgan fingerprint density at radius 2 is 0.887 bits per heavy atom. The molecule has 3 amide bonds. The standard InChI is InChI=1S/C51H78N2O9/c1-3-5-7-9-11-13-15-17-19-21-29-36-46(54)60-40-45(41-61-47(55)37-30-22-20-18-16-14-12-10-8-6-4-2)59-39-31-38-48(56)62-42-53-49(57)51(52-50(53)58,43-32-25-23-26-33-43)44-34-27-24-28-35-44/h23-28,32-35,45H,3-22,29-31,36-42H2,1-2H3,(H,52,58). The first-order valence-corrected chi connectivity index (χ1v) is 24.1. The average molecular weight is 863 g/mol. The minimum Gasteiger partial charge on any atom is -0.463 e. The van der Waals surface area contributed by atoms with E-state index in [1.165, 1.54) is 103 Å². The van der Waals surface area contributed by atoms with Crippen molar-refractivity contribution in [2.75, 3.05) is 26.6 Å². The third kappa shape index (κ3) is 20.3. The van der Waals surface area contributed by atoms with E-state index in [0.717, 1.165) is 43.4 Å². The fourth-order valence-electron chi connectivity index (χ4n) is 7.83. The lowest BCUT2D eigenvalue weighted by Crippen LogP contribution is -2.45. The molecule has 1 fully saturated rings. The number of benzene rings is 2. The van der Waals surface area contributed by atoms with Crippen LogP contribution in [0.3, 0.4) is 0 Å². The Bertz CT molecular complexity index is 1450. The number of esters is 3. The summed E-state index contributed by atoms with van der Waals surface area (Å²) < 4.78 is 22.5. The lowest BCUT2D eigenvalue weighted by molar-refractivity contribution is -0.155. The van der Waals surface area contributed by atoms with Gasteiger partial charge in [0.25, 0.3) is 5.91 Å². The van der Waals surface area contributed by atoms with E-state index in [1.54, 1.807) is 48.5 Å². The van der Waals surface area contributed by atoms with Gasteiger partial charge in [-0.25, -0.2) is 9.69 Å². The molecule has 1 aliphatic rings. The first kappa shape index (κ1) is 52.1. The van der Waals surface area contributed by atoms with Crippen LogP contribution in [0.4, 0.5) is 4.79 Å². The lowest BCUT2D eigenvalue weighted by atomic mass is 9.83. The molecule has 0 aliphatic carbocycles. The molecule has 3 rings (SSSR count). The second-order valence-corrected chi connectivity index (χ2v) is 16.8. The maximum atomic E-state index is 13.9. The number of urea groups is 1. The fourth-order valence-corrected chi connectivity index (χ4v) is 7.83. The van der Waals surface area contributed by atoms with E-state index in [1.807, 2.05) is 12.1 Å². The molecule has 0 radical (unpaired) electrons. The molecule has 0 aromatic heterocycles.